The van der Waals surface area contributed by atoms with Gasteiger partial charge in [0, 0.05) is 12.2 Å². The lowest BCUT2D eigenvalue weighted by atomic mass is 10.0. The SMILES string of the molecule is Cc1cc(C(=O)N2C[C@@H](O)C[C@H]2c2cccc(F)c2)nc(C)n1. The Labute approximate surface area is 133 Å². The maximum Gasteiger partial charge on any atom is 0.273 e. The molecule has 1 aromatic heterocycles. The van der Waals surface area contributed by atoms with Gasteiger partial charge in [0.05, 0.1) is 12.1 Å². The molecule has 1 fully saturated rings. The van der Waals surface area contributed by atoms with Gasteiger partial charge in [0.15, 0.2) is 0 Å². The highest BCUT2D eigenvalue weighted by Crippen LogP contribution is 2.33. The zero-order chi connectivity index (χ0) is 16.6. The largest absolute Gasteiger partial charge is 0.391 e. The summed E-state index contributed by atoms with van der Waals surface area (Å²) in [5.41, 5.74) is 1.69. The number of carbonyl (C=O) groups excluding carboxylic acids is 1. The number of benzene rings is 1. The standard InChI is InChI=1S/C17H18FN3O2/c1-10-6-15(20-11(2)19-10)17(23)21-9-14(22)8-16(21)12-4-3-5-13(18)7-12/h3-7,14,16,22H,8-9H2,1-2H3/t14-,16-/m0/s1. The van der Waals surface area contributed by atoms with Crippen molar-refractivity contribution in [2.75, 3.05) is 6.54 Å². The number of hydrogen-bond acceptors (Lipinski definition) is 4. The molecule has 6 heteroatoms. The number of aliphatic hydroxyl groups is 1. The fourth-order valence-electron chi connectivity index (χ4n) is 3.04. The molecular formula is C17H18FN3O2. The van der Waals surface area contributed by atoms with Gasteiger partial charge in [-0.05, 0) is 44.0 Å². The zero-order valence-electron chi connectivity index (χ0n) is 13.0. The van der Waals surface area contributed by atoms with Gasteiger partial charge in [-0.15, -0.1) is 0 Å². The minimum atomic E-state index is -0.628. The Bertz CT molecular complexity index is 730. The van der Waals surface area contributed by atoms with Crippen LogP contribution in [0.5, 0.6) is 0 Å². The summed E-state index contributed by atoms with van der Waals surface area (Å²) in [7, 11) is 0. The quantitative estimate of drug-likeness (QED) is 0.922. The summed E-state index contributed by atoms with van der Waals surface area (Å²) in [5, 5.41) is 9.99. The molecule has 1 amide bonds. The van der Waals surface area contributed by atoms with Crippen LogP contribution in [0.2, 0.25) is 0 Å². The molecule has 1 aromatic carbocycles. The van der Waals surface area contributed by atoms with E-state index in [0.29, 0.717) is 29.2 Å². The van der Waals surface area contributed by atoms with Crippen LogP contribution in [-0.2, 0) is 0 Å². The molecule has 2 aromatic rings. The lowest BCUT2D eigenvalue weighted by Crippen LogP contribution is -2.32. The average Bonchev–Trinajstić information content (AvgIpc) is 2.87. The van der Waals surface area contributed by atoms with E-state index < -0.39 is 6.10 Å². The average molecular weight is 315 g/mol. The van der Waals surface area contributed by atoms with E-state index in [2.05, 4.69) is 9.97 Å². The first-order valence-corrected chi connectivity index (χ1v) is 7.51. The number of amides is 1. The van der Waals surface area contributed by atoms with Crippen molar-refractivity contribution >= 4 is 5.91 Å². The van der Waals surface area contributed by atoms with Crippen LogP contribution in [0.1, 0.15) is 40.0 Å². The number of halogens is 1. The van der Waals surface area contributed by atoms with Crippen LogP contribution >= 0.6 is 0 Å². The lowest BCUT2D eigenvalue weighted by Gasteiger charge is -2.24. The summed E-state index contributed by atoms with van der Waals surface area (Å²) in [6, 6.07) is 7.41. The lowest BCUT2D eigenvalue weighted by molar-refractivity contribution is 0.0709. The molecular weight excluding hydrogens is 297 g/mol. The molecule has 2 heterocycles. The number of carbonyl (C=O) groups is 1. The van der Waals surface area contributed by atoms with Crippen LogP contribution in [0.15, 0.2) is 30.3 Å². The molecule has 2 atom stereocenters. The number of nitrogens with zero attached hydrogens (tertiary/aromatic N) is 3. The third-order valence-corrected chi connectivity index (χ3v) is 3.96. The highest BCUT2D eigenvalue weighted by Gasteiger charge is 2.36. The molecule has 1 N–H and O–H groups in total. The highest BCUT2D eigenvalue weighted by atomic mass is 19.1. The van der Waals surface area contributed by atoms with E-state index in [9.17, 15) is 14.3 Å². The van der Waals surface area contributed by atoms with Gasteiger partial charge in [0.25, 0.3) is 5.91 Å². The summed E-state index contributed by atoms with van der Waals surface area (Å²) in [4.78, 5) is 22.7. The Balaban J connectivity index is 1.94. The van der Waals surface area contributed by atoms with Crippen LogP contribution in [0, 0.1) is 19.7 Å². The molecule has 0 bridgehead atoms. The number of aromatic nitrogens is 2. The van der Waals surface area contributed by atoms with Gasteiger partial charge < -0.3 is 10.0 Å². The first kappa shape index (κ1) is 15.6. The second-order valence-corrected chi connectivity index (χ2v) is 5.86. The Hall–Kier alpha value is -2.34. The van der Waals surface area contributed by atoms with Gasteiger partial charge in [-0.25, -0.2) is 14.4 Å². The number of β-amino-alcohol motifs (C(OH)–C–C–N with tert-alkyl or cyclic N) is 1. The Morgan fingerprint density at radius 2 is 2.09 bits per heavy atom. The smallest absolute Gasteiger partial charge is 0.273 e. The molecule has 1 aliphatic rings. The van der Waals surface area contributed by atoms with Crippen molar-refractivity contribution in [2.24, 2.45) is 0 Å². The molecule has 3 rings (SSSR count). The molecule has 1 saturated heterocycles. The van der Waals surface area contributed by atoms with E-state index in [-0.39, 0.29) is 24.3 Å². The fraction of sp³-hybridized carbons (Fsp3) is 0.353. The van der Waals surface area contributed by atoms with Crippen LogP contribution in [0.3, 0.4) is 0 Å². The minimum absolute atomic E-state index is 0.210. The normalized spacial score (nSPS) is 20.8. The number of aryl methyl sites for hydroxylation is 2. The monoisotopic (exact) mass is 315 g/mol. The second kappa shape index (κ2) is 6.04. The first-order valence-electron chi connectivity index (χ1n) is 7.51. The molecule has 0 aliphatic carbocycles. The highest BCUT2D eigenvalue weighted by molar-refractivity contribution is 5.93. The second-order valence-electron chi connectivity index (χ2n) is 5.86. The van der Waals surface area contributed by atoms with Crippen LogP contribution in [0.25, 0.3) is 0 Å². The van der Waals surface area contributed by atoms with Gasteiger partial charge in [0.1, 0.15) is 17.3 Å². The number of rotatable bonds is 2. The van der Waals surface area contributed by atoms with E-state index in [0.717, 1.165) is 0 Å². The van der Waals surface area contributed by atoms with Crippen LogP contribution < -0.4 is 0 Å². The van der Waals surface area contributed by atoms with E-state index in [1.54, 1.807) is 36.9 Å². The summed E-state index contributed by atoms with van der Waals surface area (Å²) >= 11 is 0. The van der Waals surface area contributed by atoms with Crippen molar-refractivity contribution in [2.45, 2.75) is 32.4 Å². The molecule has 0 spiro atoms. The van der Waals surface area contributed by atoms with Crippen molar-refractivity contribution in [3.8, 4) is 0 Å². The molecule has 120 valence electrons. The Morgan fingerprint density at radius 1 is 1.30 bits per heavy atom. The van der Waals surface area contributed by atoms with Crippen molar-refractivity contribution in [1.29, 1.82) is 0 Å². The first-order chi connectivity index (χ1) is 10.9. The summed E-state index contributed by atoms with van der Waals surface area (Å²) in [5.74, 6) is -0.107. The number of hydrogen-bond donors (Lipinski definition) is 1. The van der Waals surface area contributed by atoms with Crippen molar-refractivity contribution in [3.05, 3.63) is 58.9 Å². The maximum atomic E-state index is 13.5. The Morgan fingerprint density at radius 3 is 2.78 bits per heavy atom. The van der Waals surface area contributed by atoms with E-state index in [1.807, 2.05) is 0 Å². The molecule has 0 saturated carbocycles. The predicted octanol–water partition coefficient (Wildman–Crippen LogP) is 2.18. The third kappa shape index (κ3) is 3.22. The number of aliphatic hydroxyl groups excluding tert-OH is 1. The van der Waals surface area contributed by atoms with Crippen molar-refractivity contribution < 1.29 is 14.3 Å². The zero-order valence-corrected chi connectivity index (χ0v) is 13.0. The predicted molar refractivity (Wildman–Crippen MR) is 82.3 cm³/mol. The minimum Gasteiger partial charge on any atom is -0.391 e. The fourth-order valence-corrected chi connectivity index (χ4v) is 3.04. The summed E-state index contributed by atoms with van der Waals surface area (Å²) < 4.78 is 13.5. The maximum absolute atomic E-state index is 13.5. The third-order valence-electron chi connectivity index (χ3n) is 3.96. The van der Waals surface area contributed by atoms with Gasteiger partial charge >= 0.3 is 0 Å². The van der Waals surface area contributed by atoms with Crippen molar-refractivity contribution in [1.82, 2.24) is 14.9 Å². The van der Waals surface area contributed by atoms with Gasteiger partial charge in [-0.3, -0.25) is 4.79 Å². The van der Waals surface area contributed by atoms with Crippen LogP contribution in [-0.4, -0.2) is 38.5 Å². The summed E-state index contributed by atoms with van der Waals surface area (Å²) in [6.07, 6.45) is -0.241. The topological polar surface area (TPSA) is 66.3 Å². The molecule has 1 aliphatic heterocycles. The van der Waals surface area contributed by atoms with Crippen molar-refractivity contribution in [3.63, 3.8) is 0 Å². The van der Waals surface area contributed by atoms with E-state index in [1.165, 1.54) is 12.1 Å². The molecule has 23 heavy (non-hydrogen) atoms. The van der Waals surface area contributed by atoms with Gasteiger partial charge in [-0.1, -0.05) is 12.1 Å². The van der Waals surface area contributed by atoms with Gasteiger partial charge in [0.2, 0.25) is 0 Å². The van der Waals surface area contributed by atoms with Crippen LogP contribution in [0.4, 0.5) is 4.39 Å². The van der Waals surface area contributed by atoms with Gasteiger partial charge in [-0.2, -0.15) is 0 Å². The molecule has 5 nitrogen and oxygen atoms in total. The Kier molecular flexibility index (Phi) is 4.09. The summed E-state index contributed by atoms with van der Waals surface area (Å²) in [6.45, 7) is 3.74. The molecule has 0 unspecified atom stereocenters. The molecule has 0 radical (unpaired) electrons. The number of likely N-dealkylation sites (tertiary alicyclic amines) is 1. The van der Waals surface area contributed by atoms with E-state index >= 15 is 0 Å². The van der Waals surface area contributed by atoms with E-state index in [4.69, 9.17) is 0 Å².